The molecule has 0 bridgehead atoms. The van der Waals surface area contributed by atoms with E-state index in [2.05, 4.69) is 9.88 Å². The third-order valence-electron chi connectivity index (χ3n) is 4.65. The largest absolute Gasteiger partial charge is 0.481 e. The number of benzene rings is 1. The number of piperidine rings is 1. The third-order valence-corrected chi connectivity index (χ3v) is 4.89. The summed E-state index contributed by atoms with van der Waals surface area (Å²) in [5.41, 5.74) is 1.18. The van der Waals surface area contributed by atoms with Crippen LogP contribution in [0.3, 0.4) is 0 Å². The Balaban J connectivity index is 1.77. The Morgan fingerprint density at radius 1 is 1.29 bits per heavy atom. The molecule has 1 unspecified atom stereocenters. The minimum atomic E-state index is -0.766. The number of hydrogen-bond acceptors (Lipinski definition) is 3. The van der Waals surface area contributed by atoms with E-state index in [1.54, 1.807) is 6.20 Å². The molecule has 3 rings (SSSR count). The van der Waals surface area contributed by atoms with Gasteiger partial charge in [0.05, 0.1) is 11.1 Å². The third kappa shape index (κ3) is 3.94. The van der Waals surface area contributed by atoms with Crippen LogP contribution in [0.1, 0.15) is 24.1 Å². The van der Waals surface area contributed by atoms with Crippen molar-refractivity contribution in [3.8, 4) is 0 Å². The minimum Gasteiger partial charge on any atom is -0.481 e. The average molecular weight is 345 g/mol. The fourth-order valence-electron chi connectivity index (χ4n) is 3.52. The summed E-state index contributed by atoms with van der Waals surface area (Å²) in [7, 11) is 0. The Kier molecular flexibility index (Phi) is 5.17. The van der Waals surface area contributed by atoms with Crippen molar-refractivity contribution in [1.29, 1.82) is 0 Å². The van der Waals surface area contributed by atoms with Crippen LogP contribution >= 0.6 is 11.6 Å². The highest BCUT2D eigenvalue weighted by Crippen LogP contribution is 2.35. The summed E-state index contributed by atoms with van der Waals surface area (Å²) in [6.07, 6.45) is 3.84. The zero-order chi connectivity index (χ0) is 17.0. The number of halogens is 1. The highest BCUT2D eigenvalue weighted by molar-refractivity contribution is 6.30. The number of rotatable bonds is 5. The first-order chi connectivity index (χ1) is 11.6. The van der Waals surface area contributed by atoms with E-state index in [0.717, 1.165) is 24.2 Å². The van der Waals surface area contributed by atoms with Crippen LogP contribution in [0.5, 0.6) is 0 Å². The molecule has 1 fully saturated rings. The predicted octanol–water partition coefficient (Wildman–Crippen LogP) is 3.64. The number of carbonyl (C=O) groups is 1. The number of likely N-dealkylation sites (tertiary alicyclic amines) is 1. The Morgan fingerprint density at radius 2 is 2.17 bits per heavy atom. The number of hydrogen-bond donors (Lipinski definition) is 1. The van der Waals surface area contributed by atoms with Crippen LogP contribution in [0.2, 0.25) is 5.02 Å². The summed E-state index contributed by atoms with van der Waals surface area (Å²) < 4.78 is 0. The molecule has 1 N–H and O–H groups in total. The van der Waals surface area contributed by atoms with Crippen LogP contribution < -0.4 is 0 Å². The minimum absolute atomic E-state index is 0.502. The first-order valence-electron chi connectivity index (χ1n) is 8.18. The van der Waals surface area contributed by atoms with Crippen molar-refractivity contribution in [2.24, 2.45) is 5.41 Å². The van der Waals surface area contributed by atoms with Gasteiger partial charge in [-0.2, -0.15) is 0 Å². The molecule has 2 heterocycles. The lowest BCUT2D eigenvalue weighted by Gasteiger charge is -2.40. The van der Waals surface area contributed by atoms with Crippen molar-refractivity contribution >= 4 is 17.6 Å². The normalized spacial score (nSPS) is 21.5. The fourth-order valence-corrected chi connectivity index (χ4v) is 3.73. The van der Waals surface area contributed by atoms with E-state index in [4.69, 9.17) is 11.6 Å². The summed E-state index contributed by atoms with van der Waals surface area (Å²) in [6.45, 7) is 2.12. The van der Waals surface area contributed by atoms with Crippen LogP contribution in [0.4, 0.5) is 0 Å². The van der Waals surface area contributed by atoms with Crippen molar-refractivity contribution in [3.05, 3.63) is 64.9 Å². The molecule has 4 nitrogen and oxygen atoms in total. The summed E-state index contributed by atoms with van der Waals surface area (Å²) in [5, 5.41) is 10.6. The van der Waals surface area contributed by atoms with Gasteiger partial charge < -0.3 is 5.11 Å². The smallest absolute Gasteiger partial charge is 0.311 e. The molecule has 0 spiro atoms. The second-order valence-corrected chi connectivity index (χ2v) is 6.96. The Morgan fingerprint density at radius 3 is 2.88 bits per heavy atom. The molecule has 1 aromatic heterocycles. The first-order valence-corrected chi connectivity index (χ1v) is 8.55. The first kappa shape index (κ1) is 16.9. The molecule has 1 aromatic carbocycles. The number of carboxylic acids is 1. The summed E-state index contributed by atoms with van der Waals surface area (Å²) in [5.74, 6) is -0.729. The molecule has 0 amide bonds. The molecule has 0 radical (unpaired) electrons. The molecular formula is C19H21ClN2O2. The summed E-state index contributed by atoms with van der Waals surface area (Å²) in [6, 6.07) is 13.3. The van der Waals surface area contributed by atoms with Gasteiger partial charge in [-0.1, -0.05) is 29.8 Å². The Labute approximate surface area is 147 Å². The van der Waals surface area contributed by atoms with E-state index in [0.29, 0.717) is 31.0 Å². The van der Waals surface area contributed by atoms with Crippen LogP contribution in [-0.2, 0) is 17.8 Å². The number of aliphatic carboxylic acids is 1. The predicted molar refractivity (Wildman–Crippen MR) is 94.0 cm³/mol. The van der Waals surface area contributed by atoms with Gasteiger partial charge in [-0.25, -0.2) is 0 Å². The van der Waals surface area contributed by atoms with Crippen molar-refractivity contribution < 1.29 is 9.90 Å². The van der Waals surface area contributed by atoms with Crippen molar-refractivity contribution in [2.45, 2.75) is 25.8 Å². The van der Waals surface area contributed by atoms with Gasteiger partial charge in [-0.3, -0.25) is 14.7 Å². The fraction of sp³-hybridized carbons (Fsp3) is 0.368. The molecule has 1 aliphatic rings. The van der Waals surface area contributed by atoms with E-state index >= 15 is 0 Å². The van der Waals surface area contributed by atoms with Crippen LogP contribution in [-0.4, -0.2) is 34.0 Å². The zero-order valence-corrected chi connectivity index (χ0v) is 14.2. The molecule has 24 heavy (non-hydrogen) atoms. The zero-order valence-electron chi connectivity index (χ0n) is 13.5. The van der Waals surface area contributed by atoms with Crippen LogP contribution in [0.25, 0.3) is 0 Å². The lowest BCUT2D eigenvalue weighted by molar-refractivity contribution is -0.152. The second kappa shape index (κ2) is 7.32. The number of pyridine rings is 1. The van der Waals surface area contributed by atoms with Gasteiger partial charge in [0, 0.05) is 24.3 Å². The molecular weight excluding hydrogens is 324 g/mol. The summed E-state index contributed by atoms with van der Waals surface area (Å²) in [4.78, 5) is 18.6. The van der Waals surface area contributed by atoms with E-state index in [-0.39, 0.29) is 0 Å². The van der Waals surface area contributed by atoms with Gasteiger partial charge in [0.2, 0.25) is 0 Å². The van der Waals surface area contributed by atoms with E-state index in [9.17, 15) is 9.90 Å². The lowest BCUT2D eigenvalue weighted by Crippen LogP contribution is -2.48. The standard InChI is InChI=1S/C19H21ClN2O2/c20-16-6-3-5-15(11-16)12-19(18(23)24)8-4-10-22(14-19)13-17-7-1-2-9-21-17/h1-3,5-7,9,11H,4,8,10,12-14H2,(H,23,24). The van der Waals surface area contributed by atoms with E-state index < -0.39 is 11.4 Å². The maximum Gasteiger partial charge on any atom is 0.311 e. The topological polar surface area (TPSA) is 53.4 Å². The molecule has 126 valence electrons. The van der Waals surface area contributed by atoms with Crippen molar-refractivity contribution in [3.63, 3.8) is 0 Å². The number of aromatic nitrogens is 1. The number of carboxylic acid groups (broad SMARTS) is 1. The average Bonchev–Trinajstić information content (AvgIpc) is 2.56. The van der Waals surface area contributed by atoms with Gasteiger partial charge >= 0.3 is 5.97 Å². The Bertz CT molecular complexity index is 708. The molecule has 1 aliphatic heterocycles. The van der Waals surface area contributed by atoms with E-state index in [1.807, 2.05) is 42.5 Å². The second-order valence-electron chi connectivity index (χ2n) is 6.53. The molecule has 1 saturated heterocycles. The van der Waals surface area contributed by atoms with Crippen molar-refractivity contribution in [2.75, 3.05) is 13.1 Å². The SMILES string of the molecule is O=C(O)C1(Cc2cccc(Cl)c2)CCCN(Cc2ccccn2)C1. The molecule has 1 atom stereocenters. The molecule has 2 aromatic rings. The van der Waals surface area contributed by atoms with Gasteiger partial charge in [0.1, 0.15) is 0 Å². The maximum atomic E-state index is 12.1. The van der Waals surface area contributed by atoms with Gasteiger partial charge in [0.25, 0.3) is 0 Å². The van der Waals surface area contributed by atoms with Crippen LogP contribution in [0, 0.1) is 5.41 Å². The highest BCUT2D eigenvalue weighted by atomic mass is 35.5. The van der Waals surface area contributed by atoms with Gasteiger partial charge in [0.15, 0.2) is 0 Å². The maximum absolute atomic E-state index is 12.1. The quantitative estimate of drug-likeness (QED) is 0.899. The van der Waals surface area contributed by atoms with Crippen molar-refractivity contribution in [1.82, 2.24) is 9.88 Å². The van der Waals surface area contributed by atoms with Crippen LogP contribution in [0.15, 0.2) is 48.7 Å². The molecule has 5 heteroatoms. The Hall–Kier alpha value is -1.91. The number of nitrogens with zero attached hydrogens (tertiary/aromatic N) is 2. The highest BCUT2D eigenvalue weighted by Gasteiger charge is 2.42. The lowest BCUT2D eigenvalue weighted by atomic mass is 9.75. The van der Waals surface area contributed by atoms with E-state index in [1.165, 1.54) is 0 Å². The molecule has 0 aliphatic carbocycles. The summed E-state index contributed by atoms with van der Waals surface area (Å²) >= 11 is 6.06. The van der Waals surface area contributed by atoms with Gasteiger partial charge in [-0.05, 0) is 55.6 Å². The molecule has 0 saturated carbocycles. The monoisotopic (exact) mass is 344 g/mol. The van der Waals surface area contributed by atoms with Gasteiger partial charge in [-0.15, -0.1) is 0 Å².